The van der Waals surface area contributed by atoms with Crippen LogP contribution in [-0.4, -0.2) is 62.3 Å². The van der Waals surface area contributed by atoms with Gasteiger partial charge in [-0.05, 0) is 43.6 Å². The van der Waals surface area contributed by atoms with E-state index in [1.54, 1.807) is 7.11 Å². The maximum absolute atomic E-state index is 11.9. The van der Waals surface area contributed by atoms with Crippen molar-refractivity contribution in [3.63, 3.8) is 0 Å². The topological polar surface area (TPSA) is 67.9 Å². The Hall–Kier alpha value is -1.38. The van der Waals surface area contributed by atoms with Gasteiger partial charge in [-0.25, -0.2) is 8.42 Å². The lowest BCUT2D eigenvalue weighted by Crippen LogP contribution is -2.47. The number of thiocarbonyl (C=S) groups is 1. The highest BCUT2D eigenvalue weighted by Crippen LogP contribution is 2.23. The Morgan fingerprint density at radius 2 is 2.28 bits per heavy atom. The van der Waals surface area contributed by atoms with Crippen molar-refractivity contribution in [1.82, 2.24) is 4.90 Å². The van der Waals surface area contributed by atoms with Gasteiger partial charge in [-0.15, -0.1) is 0 Å². The van der Waals surface area contributed by atoms with Crippen LogP contribution >= 0.6 is 12.2 Å². The number of sulfone groups is 1. The highest BCUT2D eigenvalue weighted by atomic mass is 32.2. The smallest absolute Gasteiger partial charge is 0.173 e. The number of methoxy groups -OCH3 is 1. The van der Waals surface area contributed by atoms with Crippen molar-refractivity contribution in [3.05, 3.63) is 24.3 Å². The quantitative estimate of drug-likeness (QED) is 0.780. The molecule has 2 aliphatic heterocycles. The number of nitrogens with one attached hydrogen (secondary N) is 1. The van der Waals surface area contributed by atoms with E-state index in [0.29, 0.717) is 18.1 Å². The lowest BCUT2D eigenvalue weighted by atomic mass is 10.2. The number of rotatable bonds is 5. The Morgan fingerprint density at radius 1 is 1.44 bits per heavy atom. The van der Waals surface area contributed by atoms with E-state index >= 15 is 0 Å². The molecule has 6 nitrogen and oxygen atoms in total. The molecule has 3 rings (SSSR count). The van der Waals surface area contributed by atoms with Crippen LogP contribution in [0.2, 0.25) is 0 Å². The first-order valence-electron chi connectivity index (χ1n) is 8.50. The second-order valence-electron chi connectivity index (χ2n) is 6.51. The molecule has 0 amide bonds. The van der Waals surface area contributed by atoms with Crippen LogP contribution in [0.4, 0.5) is 5.69 Å². The van der Waals surface area contributed by atoms with Crippen LogP contribution in [0.3, 0.4) is 0 Å². The highest BCUT2D eigenvalue weighted by Gasteiger charge is 2.35. The van der Waals surface area contributed by atoms with Crippen molar-refractivity contribution in [2.24, 2.45) is 0 Å². The summed E-state index contributed by atoms with van der Waals surface area (Å²) in [6.07, 6.45) is 2.73. The lowest BCUT2D eigenvalue weighted by molar-refractivity contribution is 0.0851. The Morgan fingerprint density at radius 3 is 2.92 bits per heavy atom. The predicted molar refractivity (Wildman–Crippen MR) is 102 cm³/mol. The minimum absolute atomic E-state index is 0.0974. The van der Waals surface area contributed by atoms with Crippen molar-refractivity contribution >= 4 is 32.9 Å². The fourth-order valence-electron chi connectivity index (χ4n) is 3.32. The van der Waals surface area contributed by atoms with Gasteiger partial charge in [-0.1, -0.05) is 6.07 Å². The molecule has 8 heteroatoms. The maximum Gasteiger partial charge on any atom is 0.173 e. The van der Waals surface area contributed by atoms with Gasteiger partial charge in [0.15, 0.2) is 14.9 Å². The first kappa shape index (κ1) is 18.4. The van der Waals surface area contributed by atoms with E-state index in [2.05, 4.69) is 5.32 Å². The zero-order valence-electron chi connectivity index (χ0n) is 14.3. The molecule has 138 valence electrons. The molecule has 0 unspecified atom stereocenters. The van der Waals surface area contributed by atoms with Crippen LogP contribution in [0, 0.1) is 0 Å². The molecule has 1 aromatic rings. The van der Waals surface area contributed by atoms with Crippen LogP contribution in [0.5, 0.6) is 5.75 Å². The van der Waals surface area contributed by atoms with Crippen molar-refractivity contribution in [2.75, 3.05) is 37.1 Å². The summed E-state index contributed by atoms with van der Waals surface area (Å²) < 4.78 is 34.8. The van der Waals surface area contributed by atoms with Crippen LogP contribution in [-0.2, 0) is 14.6 Å². The van der Waals surface area contributed by atoms with Crippen molar-refractivity contribution < 1.29 is 17.9 Å². The van der Waals surface area contributed by atoms with E-state index in [1.807, 2.05) is 29.2 Å². The summed E-state index contributed by atoms with van der Waals surface area (Å²) in [5.41, 5.74) is 0.822. The normalized spacial score (nSPS) is 24.8. The molecule has 0 aliphatic carbocycles. The Bertz CT molecular complexity index is 717. The molecule has 0 saturated carbocycles. The van der Waals surface area contributed by atoms with Crippen molar-refractivity contribution in [2.45, 2.75) is 31.4 Å². The Labute approximate surface area is 154 Å². The predicted octanol–water partition coefficient (Wildman–Crippen LogP) is 2.06. The third kappa shape index (κ3) is 4.83. The number of benzene rings is 1. The lowest BCUT2D eigenvalue weighted by Gasteiger charge is -2.33. The molecule has 2 fully saturated rings. The third-order valence-electron chi connectivity index (χ3n) is 4.66. The summed E-state index contributed by atoms with van der Waals surface area (Å²) in [5.74, 6) is 1.11. The van der Waals surface area contributed by atoms with Gasteiger partial charge in [0.1, 0.15) is 5.75 Å². The van der Waals surface area contributed by atoms with Crippen molar-refractivity contribution in [3.8, 4) is 5.75 Å². The van der Waals surface area contributed by atoms with E-state index in [1.165, 1.54) is 0 Å². The van der Waals surface area contributed by atoms with Crippen LogP contribution in [0.15, 0.2) is 24.3 Å². The van der Waals surface area contributed by atoms with Gasteiger partial charge in [-0.3, -0.25) is 0 Å². The standard InChI is InChI=1S/C17H24N2O4S2/c1-22-15-5-2-4-13(10-15)18-17(24)19(11-16-6-3-8-23-16)14-7-9-25(20,21)12-14/h2,4-5,10,14,16H,3,6-9,11-12H2,1H3,(H,18,24)/t14-,16+/m0/s1. The molecule has 2 saturated heterocycles. The number of anilines is 1. The summed E-state index contributed by atoms with van der Waals surface area (Å²) in [5, 5.41) is 3.76. The van der Waals surface area contributed by atoms with Crippen molar-refractivity contribution in [1.29, 1.82) is 0 Å². The second-order valence-corrected chi connectivity index (χ2v) is 9.12. The minimum atomic E-state index is -2.98. The number of ether oxygens (including phenoxy) is 2. The van der Waals surface area contributed by atoms with Gasteiger partial charge in [0.2, 0.25) is 0 Å². The zero-order chi connectivity index (χ0) is 17.9. The first-order chi connectivity index (χ1) is 12.0. The SMILES string of the molecule is COc1cccc(NC(=S)N(C[C@H]2CCCO2)[C@H]2CCS(=O)(=O)C2)c1. The molecule has 1 N–H and O–H groups in total. The molecule has 0 radical (unpaired) electrons. The molecule has 0 bridgehead atoms. The second kappa shape index (κ2) is 7.88. The van der Waals surface area contributed by atoms with E-state index in [-0.39, 0.29) is 23.7 Å². The number of nitrogens with zero attached hydrogens (tertiary/aromatic N) is 1. The summed E-state index contributed by atoms with van der Waals surface area (Å²) in [4.78, 5) is 2.00. The molecule has 0 aromatic heterocycles. The van der Waals surface area contributed by atoms with Gasteiger partial charge in [-0.2, -0.15) is 0 Å². The van der Waals surface area contributed by atoms with Gasteiger partial charge in [0.25, 0.3) is 0 Å². The molecule has 1 aromatic carbocycles. The number of hydrogen-bond donors (Lipinski definition) is 1. The largest absolute Gasteiger partial charge is 0.497 e. The van der Waals surface area contributed by atoms with Crippen LogP contribution in [0.1, 0.15) is 19.3 Å². The monoisotopic (exact) mass is 384 g/mol. The van der Waals surface area contributed by atoms with Crippen LogP contribution in [0.25, 0.3) is 0 Å². The van der Waals surface area contributed by atoms with Gasteiger partial charge in [0.05, 0.1) is 24.7 Å². The van der Waals surface area contributed by atoms with Gasteiger partial charge in [0, 0.05) is 30.9 Å². The van der Waals surface area contributed by atoms with E-state index in [9.17, 15) is 8.42 Å². The fourth-order valence-corrected chi connectivity index (χ4v) is 5.39. The molecule has 2 heterocycles. The first-order valence-corrected chi connectivity index (χ1v) is 10.7. The van der Waals surface area contributed by atoms with Crippen LogP contribution < -0.4 is 10.1 Å². The average Bonchev–Trinajstić information content (AvgIpc) is 3.21. The summed E-state index contributed by atoms with van der Waals surface area (Å²) in [6, 6.07) is 7.42. The molecule has 2 aliphatic rings. The summed E-state index contributed by atoms with van der Waals surface area (Å²) >= 11 is 5.61. The fraction of sp³-hybridized carbons (Fsp3) is 0.588. The van der Waals surface area contributed by atoms with Gasteiger partial charge < -0.3 is 19.7 Å². The molecular formula is C17H24N2O4S2. The third-order valence-corrected chi connectivity index (χ3v) is 6.74. The molecule has 0 spiro atoms. The minimum Gasteiger partial charge on any atom is -0.497 e. The zero-order valence-corrected chi connectivity index (χ0v) is 15.9. The molecular weight excluding hydrogens is 360 g/mol. The highest BCUT2D eigenvalue weighted by molar-refractivity contribution is 7.91. The maximum atomic E-state index is 11.9. The van der Waals surface area contributed by atoms with Gasteiger partial charge >= 0.3 is 0 Å². The molecule has 25 heavy (non-hydrogen) atoms. The molecule has 2 atom stereocenters. The Kier molecular flexibility index (Phi) is 5.81. The van der Waals surface area contributed by atoms with E-state index in [4.69, 9.17) is 21.7 Å². The van der Waals surface area contributed by atoms with E-state index in [0.717, 1.165) is 30.9 Å². The number of hydrogen-bond acceptors (Lipinski definition) is 5. The summed E-state index contributed by atoms with van der Waals surface area (Å²) in [6.45, 7) is 1.38. The summed E-state index contributed by atoms with van der Waals surface area (Å²) in [7, 11) is -1.37. The Balaban J connectivity index is 1.73. The van der Waals surface area contributed by atoms with E-state index < -0.39 is 9.84 Å². The average molecular weight is 385 g/mol.